The van der Waals surface area contributed by atoms with Gasteiger partial charge in [-0.05, 0) is 55.3 Å². The number of hydrogen-bond donors (Lipinski definition) is 2. The zero-order valence-corrected chi connectivity index (χ0v) is 18.2. The second-order valence-electron chi connectivity index (χ2n) is 8.32. The first kappa shape index (κ1) is 21.0. The van der Waals surface area contributed by atoms with Crippen LogP contribution in [0.2, 0.25) is 0 Å². The summed E-state index contributed by atoms with van der Waals surface area (Å²) in [4.78, 5) is 31.9. The van der Waals surface area contributed by atoms with Crippen molar-refractivity contribution in [3.05, 3.63) is 60.6 Å². The Labute approximate surface area is 191 Å². The van der Waals surface area contributed by atoms with Crippen molar-refractivity contribution in [3.63, 3.8) is 0 Å². The first-order valence-electron chi connectivity index (χ1n) is 11.0. The summed E-state index contributed by atoms with van der Waals surface area (Å²) >= 11 is 0. The van der Waals surface area contributed by atoms with Crippen molar-refractivity contribution in [2.75, 3.05) is 13.7 Å². The molecule has 1 aliphatic carbocycles. The summed E-state index contributed by atoms with van der Waals surface area (Å²) in [5.41, 5.74) is 1.82. The number of ether oxygens (including phenoxy) is 2. The van der Waals surface area contributed by atoms with E-state index in [0.29, 0.717) is 30.1 Å². The highest BCUT2D eigenvalue weighted by atomic mass is 16.5. The Hall–Kier alpha value is -3.88. The van der Waals surface area contributed by atoms with E-state index in [-0.39, 0.29) is 24.0 Å². The van der Waals surface area contributed by atoms with Crippen LogP contribution in [0.1, 0.15) is 29.8 Å². The maximum atomic E-state index is 13.4. The number of carbonyl (C=O) groups excluding carboxylic acids is 2. The molecule has 2 fully saturated rings. The van der Waals surface area contributed by atoms with Gasteiger partial charge in [0.1, 0.15) is 29.3 Å². The van der Waals surface area contributed by atoms with Crippen molar-refractivity contribution in [2.45, 2.75) is 37.5 Å². The van der Waals surface area contributed by atoms with Crippen molar-refractivity contribution < 1.29 is 19.1 Å². The molecule has 0 unspecified atom stereocenters. The summed E-state index contributed by atoms with van der Waals surface area (Å²) in [7, 11) is 1.61. The highest BCUT2D eigenvalue weighted by Gasteiger charge is 2.42. The molecule has 5 rings (SSSR count). The van der Waals surface area contributed by atoms with Crippen molar-refractivity contribution in [3.8, 4) is 22.8 Å². The number of aromatic amines is 1. The summed E-state index contributed by atoms with van der Waals surface area (Å²) in [5, 5.41) is 10.1. The van der Waals surface area contributed by atoms with Gasteiger partial charge in [-0.2, -0.15) is 5.10 Å². The maximum Gasteiger partial charge on any atom is 0.272 e. The third kappa shape index (κ3) is 4.67. The van der Waals surface area contributed by atoms with Crippen LogP contribution in [0.3, 0.4) is 0 Å². The predicted octanol–water partition coefficient (Wildman–Crippen LogP) is 2.42. The summed E-state index contributed by atoms with van der Waals surface area (Å²) < 4.78 is 11.2. The van der Waals surface area contributed by atoms with Crippen LogP contribution in [0.15, 0.2) is 54.9 Å². The van der Waals surface area contributed by atoms with Gasteiger partial charge >= 0.3 is 0 Å². The normalized spacial score (nSPS) is 19.8. The Balaban J connectivity index is 1.34. The van der Waals surface area contributed by atoms with E-state index in [4.69, 9.17) is 9.47 Å². The van der Waals surface area contributed by atoms with E-state index in [9.17, 15) is 9.59 Å². The largest absolute Gasteiger partial charge is 0.497 e. The molecule has 2 N–H and O–H groups in total. The Bertz CT molecular complexity index is 1130. The van der Waals surface area contributed by atoms with Crippen molar-refractivity contribution >= 4 is 11.8 Å². The van der Waals surface area contributed by atoms with E-state index < -0.39 is 6.04 Å². The van der Waals surface area contributed by atoms with Crippen molar-refractivity contribution in [1.29, 1.82) is 0 Å². The maximum absolute atomic E-state index is 13.4. The fourth-order valence-corrected chi connectivity index (χ4v) is 3.99. The number of nitrogens with zero attached hydrogens (tertiary/aromatic N) is 3. The highest BCUT2D eigenvalue weighted by molar-refractivity contribution is 5.97. The van der Waals surface area contributed by atoms with E-state index in [2.05, 4.69) is 20.5 Å². The van der Waals surface area contributed by atoms with E-state index in [1.807, 2.05) is 30.3 Å². The molecule has 170 valence electrons. The lowest BCUT2D eigenvalue weighted by atomic mass is 10.1. The van der Waals surface area contributed by atoms with Gasteiger partial charge in [-0.15, -0.1) is 0 Å². The number of H-pyrrole nitrogens is 1. The number of pyridine rings is 1. The van der Waals surface area contributed by atoms with E-state index in [0.717, 1.165) is 24.2 Å². The minimum absolute atomic E-state index is 0.141. The summed E-state index contributed by atoms with van der Waals surface area (Å²) in [6, 6.07) is 12.3. The molecule has 2 aromatic heterocycles. The third-order valence-corrected chi connectivity index (χ3v) is 5.88. The summed E-state index contributed by atoms with van der Waals surface area (Å²) in [6.45, 7) is 0.299. The molecule has 0 spiro atoms. The Morgan fingerprint density at radius 3 is 2.67 bits per heavy atom. The lowest BCUT2D eigenvalue weighted by molar-refractivity contribution is -0.125. The van der Waals surface area contributed by atoms with Crippen LogP contribution in [-0.2, 0) is 4.79 Å². The standard InChI is InChI=1S/C24H25N5O4/c1-32-17-8-4-15(5-9-17)20-12-21(28-27-20)24(31)29-14-19(33-18-3-2-10-25-13-18)11-22(29)23(30)26-16-6-7-16/h2-5,8-10,12-13,16,19,22H,6-7,11,14H2,1H3,(H,26,30)(H,27,28)/t19-,22-/m0/s1. The second-order valence-corrected chi connectivity index (χ2v) is 8.32. The molecule has 9 heteroatoms. The monoisotopic (exact) mass is 447 g/mol. The molecule has 2 amide bonds. The van der Waals surface area contributed by atoms with Crippen molar-refractivity contribution in [1.82, 2.24) is 25.4 Å². The second kappa shape index (κ2) is 8.93. The molecular formula is C24H25N5O4. The number of methoxy groups -OCH3 is 1. The zero-order valence-electron chi connectivity index (χ0n) is 18.2. The molecule has 0 bridgehead atoms. The van der Waals surface area contributed by atoms with Crippen LogP contribution in [-0.4, -0.2) is 63.7 Å². The Morgan fingerprint density at radius 1 is 1.15 bits per heavy atom. The number of likely N-dealkylation sites (tertiary alicyclic amines) is 1. The molecule has 0 radical (unpaired) electrons. The first-order chi connectivity index (χ1) is 16.1. The molecule has 3 aromatic rings. The molecule has 1 saturated heterocycles. The van der Waals surface area contributed by atoms with Gasteiger partial charge in [-0.3, -0.25) is 19.7 Å². The van der Waals surface area contributed by atoms with Gasteiger partial charge in [0.2, 0.25) is 5.91 Å². The average molecular weight is 447 g/mol. The van der Waals surface area contributed by atoms with Gasteiger partial charge in [0.05, 0.1) is 25.5 Å². The van der Waals surface area contributed by atoms with Crippen LogP contribution in [0.4, 0.5) is 0 Å². The highest BCUT2D eigenvalue weighted by Crippen LogP contribution is 2.27. The predicted molar refractivity (Wildman–Crippen MR) is 120 cm³/mol. The van der Waals surface area contributed by atoms with E-state index >= 15 is 0 Å². The van der Waals surface area contributed by atoms with Crippen LogP contribution >= 0.6 is 0 Å². The van der Waals surface area contributed by atoms with Gasteiger partial charge in [0.25, 0.3) is 5.91 Å². The first-order valence-corrected chi connectivity index (χ1v) is 11.0. The number of carbonyl (C=O) groups is 2. The molecule has 9 nitrogen and oxygen atoms in total. The number of hydrogen-bond acceptors (Lipinski definition) is 6. The number of benzene rings is 1. The lowest BCUT2D eigenvalue weighted by Crippen LogP contribution is -2.46. The molecular weight excluding hydrogens is 422 g/mol. The van der Waals surface area contributed by atoms with E-state index in [1.54, 1.807) is 36.5 Å². The van der Waals surface area contributed by atoms with Gasteiger partial charge < -0.3 is 19.7 Å². The smallest absolute Gasteiger partial charge is 0.272 e. The summed E-state index contributed by atoms with van der Waals surface area (Å²) in [5.74, 6) is 0.932. The average Bonchev–Trinajstić information content (AvgIpc) is 3.34. The van der Waals surface area contributed by atoms with Crippen molar-refractivity contribution in [2.24, 2.45) is 0 Å². The topological polar surface area (TPSA) is 109 Å². The van der Waals surface area contributed by atoms with Gasteiger partial charge in [0, 0.05) is 24.2 Å². The fourth-order valence-electron chi connectivity index (χ4n) is 3.99. The minimum atomic E-state index is -0.604. The Morgan fingerprint density at radius 2 is 1.97 bits per heavy atom. The SMILES string of the molecule is COc1ccc(-c2cc(C(=O)N3C[C@@H](Oc4cccnc4)C[C@H]3C(=O)NC3CC3)[nH]n2)cc1. The van der Waals surface area contributed by atoms with Gasteiger partial charge in [-0.1, -0.05) is 0 Å². The lowest BCUT2D eigenvalue weighted by Gasteiger charge is -2.22. The quantitative estimate of drug-likeness (QED) is 0.576. The van der Waals surface area contributed by atoms with Crippen LogP contribution < -0.4 is 14.8 Å². The molecule has 3 heterocycles. The molecule has 2 aliphatic rings. The fraction of sp³-hybridized carbons (Fsp3) is 0.333. The molecule has 1 aromatic carbocycles. The third-order valence-electron chi connectivity index (χ3n) is 5.88. The molecule has 1 aliphatic heterocycles. The minimum Gasteiger partial charge on any atom is -0.497 e. The number of rotatable bonds is 7. The number of nitrogens with one attached hydrogen (secondary N) is 2. The van der Waals surface area contributed by atoms with E-state index in [1.165, 1.54) is 0 Å². The van der Waals surface area contributed by atoms with Crippen LogP contribution in [0, 0.1) is 0 Å². The van der Waals surface area contributed by atoms with Gasteiger partial charge in [0.15, 0.2) is 0 Å². The molecule has 33 heavy (non-hydrogen) atoms. The zero-order chi connectivity index (χ0) is 22.8. The van der Waals surface area contributed by atoms with Crippen LogP contribution in [0.5, 0.6) is 11.5 Å². The van der Waals surface area contributed by atoms with Gasteiger partial charge in [-0.25, -0.2) is 0 Å². The summed E-state index contributed by atoms with van der Waals surface area (Å²) in [6.07, 6.45) is 5.36. The number of aromatic nitrogens is 3. The molecule has 2 atom stereocenters. The molecule has 1 saturated carbocycles. The Kier molecular flexibility index (Phi) is 5.68. The van der Waals surface area contributed by atoms with Crippen LogP contribution in [0.25, 0.3) is 11.3 Å². The number of amides is 2.